The highest BCUT2D eigenvalue weighted by Gasteiger charge is 2.39. The fourth-order valence-electron chi connectivity index (χ4n) is 2.71. The number of ether oxygens (including phenoxy) is 1. The third kappa shape index (κ3) is 2.17. The molecule has 94 valence electrons. The van der Waals surface area contributed by atoms with E-state index in [2.05, 4.69) is 43.0 Å². The highest BCUT2D eigenvalue weighted by atomic mass is 16.5. The first-order valence-corrected chi connectivity index (χ1v) is 6.34. The van der Waals surface area contributed by atoms with Gasteiger partial charge in [-0.15, -0.1) is 0 Å². The lowest BCUT2D eigenvalue weighted by Gasteiger charge is -2.41. The number of para-hydroxylation sites is 1. The second-order valence-electron chi connectivity index (χ2n) is 4.76. The van der Waals surface area contributed by atoms with Crippen molar-refractivity contribution in [1.29, 1.82) is 0 Å². The van der Waals surface area contributed by atoms with Gasteiger partial charge in [0.15, 0.2) is 0 Å². The summed E-state index contributed by atoms with van der Waals surface area (Å²) < 4.78 is 5.57. The molecule has 0 aliphatic carbocycles. The van der Waals surface area contributed by atoms with E-state index in [4.69, 9.17) is 10.5 Å². The van der Waals surface area contributed by atoms with Crippen LogP contribution in [-0.4, -0.2) is 31.8 Å². The standard InChI is InChI=1S/C14H22N2O/c1-3-16(13-7-5-4-6-12(13)2)14(10-15)8-9-17-11-14/h4-7H,3,8-11,15H2,1-2H3. The minimum atomic E-state index is -0.0130. The molecule has 0 radical (unpaired) electrons. The quantitative estimate of drug-likeness (QED) is 0.865. The number of anilines is 1. The van der Waals surface area contributed by atoms with E-state index >= 15 is 0 Å². The van der Waals surface area contributed by atoms with Gasteiger partial charge in [0.25, 0.3) is 0 Å². The van der Waals surface area contributed by atoms with E-state index in [1.54, 1.807) is 0 Å². The SMILES string of the molecule is CCN(c1ccccc1C)C1(CN)CCOC1. The van der Waals surface area contributed by atoms with Crippen molar-refractivity contribution in [2.24, 2.45) is 5.73 Å². The Morgan fingerprint density at radius 1 is 1.41 bits per heavy atom. The largest absolute Gasteiger partial charge is 0.379 e. The van der Waals surface area contributed by atoms with Gasteiger partial charge in [-0.2, -0.15) is 0 Å². The van der Waals surface area contributed by atoms with Gasteiger partial charge in [-0.05, 0) is 31.9 Å². The number of nitrogens with zero attached hydrogens (tertiary/aromatic N) is 1. The predicted octanol–water partition coefficient (Wildman–Crippen LogP) is 1.94. The first-order chi connectivity index (χ1) is 8.23. The smallest absolute Gasteiger partial charge is 0.0778 e. The second kappa shape index (κ2) is 5.07. The summed E-state index contributed by atoms with van der Waals surface area (Å²) in [4.78, 5) is 2.41. The summed E-state index contributed by atoms with van der Waals surface area (Å²) in [5, 5.41) is 0. The Morgan fingerprint density at radius 3 is 2.71 bits per heavy atom. The van der Waals surface area contributed by atoms with Crippen molar-refractivity contribution in [3.05, 3.63) is 29.8 Å². The maximum absolute atomic E-state index is 6.01. The molecule has 1 aromatic carbocycles. The van der Waals surface area contributed by atoms with Crippen molar-refractivity contribution < 1.29 is 4.74 Å². The van der Waals surface area contributed by atoms with Crippen LogP contribution >= 0.6 is 0 Å². The Morgan fingerprint density at radius 2 is 2.18 bits per heavy atom. The summed E-state index contributed by atoms with van der Waals surface area (Å²) in [5.41, 5.74) is 8.58. The lowest BCUT2D eigenvalue weighted by atomic mass is 9.94. The Balaban J connectivity index is 2.36. The van der Waals surface area contributed by atoms with Gasteiger partial charge in [0, 0.05) is 25.4 Å². The van der Waals surface area contributed by atoms with Crippen molar-refractivity contribution >= 4 is 5.69 Å². The van der Waals surface area contributed by atoms with E-state index in [1.807, 2.05) is 0 Å². The molecule has 0 spiro atoms. The van der Waals surface area contributed by atoms with Gasteiger partial charge in [0.1, 0.15) is 0 Å². The number of nitrogens with two attached hydrogens (primary N) is 1. The summed E-state index contributed by atoms with van der Waals surface area (Å²) in [6, 6.07) is 8.49. The van der Waals surface area contributed by atoms with Crippen LogP contribution in [0.5, 0.6) is 0 Å². The summed E-state index contributed by atoms with van der Waals surface area (Å²) >= 11 is 0. The van der Waals surface area contributed by atoms with Crippen molar-refractivity contribution in [2.45, 2.75) is 25.8 Å². The van der Waals surface area contributed by atoms with Crippen molar-refractivity contribution in [1.82, 2.24) is 0 Å². The topological polar surface area (TPSA) is 38.5 Å². The van der Waals surface area contributed by atoms with Crippen LogP contribution in [0.25, 0.3) is 0 Å². The van der Waals surface area contributed by atoms with Gasteiger partial charge < -0.3 is 15.4 Å². The molecule has 0 amide bonds. The molecule has 1 fully saturated rings. The maximum atomic E-state index is 6.01. The molecule has 1 aliphatic rings. The third-order valence-electron chi connectivity index (χ3n) is 3.76. The van der Waals surface area contributed by atoms with E-state index in [0.717, 1.165) is 26.2 Å². The van der Waals surface area contributed by atoms with Gasteiger partial charge >= 0.3 is 0 Å². The lowest BCUT2D eigenvalue weighted by Crippen LogP contribution is -2.55. The summed E-state index contributed by atoms with van der Waals surface area (Å²) in [7, 11) is 0. The van der Waals surface area contributed by atoms with Crippen LogP contribution in [0, 0.1) is 6.92 Å². The van der Waals surface area contributed by atoms with Crippen molar-refractivity contribution in [3.8, 4) is 0 Å². The number of aryl methyl sites for hydroxylation is 1. The molecule has 0 bridgehead atoms. The van der Waals surface area contributed by atoms with Crippen LogP contribution in [0.2, 0.25) is 0 Å². The van der Waals surface area contributed by atoms with Crippen LogP contribution in [0.3, 0.4) is 0 Å². The highest BCUT2D eigenvalue weighted by molar-refractivity contribution is 5.55. The van der Waals surface area contributed by atoms with Gasteiger partial charge in [-0.25, -0.2) is 0 Å². The zero-order valence-electron chi connectivity index (χ0n) is 10.8. The fraction of sp³-hybridized carbons (Fsp3) is 0.571. The molecule has 3 heteroatoms. The van der Waals surface area contributed by atoms with E-state index in [1.165, 1.54) is 11.3 Å². The number of hydrogen-bond acceptors (Lipinski definition) is 3. The van der Waals surface area contributed by atoms with Gasteiger partial charge in [0.2, 0.25) is 0 Å². The van der Waals surface area contributed by atoms with E-state index in [9.17, 15) is 0 Å². The summed E-state index contributed by atoms with van der Waals surface area (Å²) in [6.07, 6.45) is 1.02. The molecule has 2 N–H and O–H groups in total. The molecule has 3 nitrogen and oxygen atoms in total. The predicted molar refractivity (Wildman–Crippen MR) is 71.4 cm³/mol. The summed E-state index contributed by atoms with van der Waals surface area (Å²) in [6.45, 7) is 7.51. The molecule has 1 aliphatic heterocycles. The average Bonchev–Trinajstić information content (AvgIpc) is 2.82. The molecule has 1 aromatic rings. The monoisotopic (exact) mass is 234 g/mol. The van der Waals surface area contributed by atoms with Crippen molar-refractivity contribution in [2.75, 3.05) is 31.2 Å². The average molecular weight is 234 g/mol. The van der Waals surface area contributed by atoms with Gasteiger partial charge in [0.05, 0.1) is 12.1 Å². The van der Waals surface area contributed by atoms with Crippen LogP contribution in [-0.2, 0) is 4.74 Å². The van der Waals surface area contributed by atoms with Crippen LogP contribution < -0.4 is 10.6 Å². The molecule has 1 unspecified atom stereocenters. The molecule has 17 heavy (non-hydrogen) atoms. The van der Waals surface area contributed by atoms with Crippen LogP contribution in [0.4, 0.5) is 5.69 Å². The normalized spacial score (nSPS) is 23.9. The van der Waals surface area contributed by atoms with E-state index in [0.29, 0.717) is 6.54 Å². The molecule has 2 rings (SSSR count). The number of rotatable bonds is 4. The molecule has 1 heterocycles. The minimum absolute atomic E-state index is 0.0130. The fourth-order valence-corrected chi connectivity index (χ4v) is 2.71. The lowest BCUT2D eigenvalue weighted by molar-refractivity contribution is 0.177. The first kappa shape index (κ1) is 12.4. The summed E-state index contributed by atoms with van der Waals surface area (Å²) in [5.74, 6) is 0. The molecule has 0 saturated carbocycles. The number of benzene rings is 1. The third-order valence-corrected chi connectivity index (χ3v) is 3.76. The number of hydrogen-bond donors (Lipinski definition) is 1. The second-order valence-corrected chi connectivity index (χ2v) is 4.76. The molecular formula is C14H22N2O. The molecule has 0 aromatic heterocycles. The molecule has 1 atom stereocenters. The van der Waals surface area contributed by atoms with Gasteiger partial charge in [-0.3, -0.25) is 0 Å². The van der Waals surface area contributed by atoms with Crippen LogP contribution in [0.1, 0.15) is 18.9 Å². The van der Waals surface area contributed by atoms with Crippen molar-refractivity contribution in [3.63, 3.8) is 0 Å². The zero-order valence-corrected chi connectivity index (χ0v) is 10.8. The Labute approximate surface area is 104 Å². The first-order valence-electron chi connectivity index (χ1n) is 6.34. The van der Waals surface area contributed by atoms with Crippen LogP contribution in [0.15, 0.2) is 24.3 Å². The highest BCUT2D eigenvalue weighted by Crippen LogP contribution is 2.32. The van der Waals surface area contributed by atoms with E-state index in [-0.39, 0.29) is 5.54 Å². The van der Waals surface area contributed by atoms with E-state index < -0.39 is 0 Å². The molecule has 1 saturated heterocycles. The number of likely N-dealkylation sites (N-methyl/N-ethyl adjacent to an activating group) is 1. The Hall–Kier alpha value is -1.06. The Bertz CT molecular complexity index is 372. The molecular weight excluding hydrogens is 212 g/mol. The maximum Gasteiger partial charge on any atom is 0.0778 e. The zero-order chi connectivity index (χ0) is 12.3. The van der Waals surface area contributed by atoms with Gasteiger partial charge in [-0.1, -0.05) is 18.2 Å². The Kier molecular flexibility index (Phi) is 3.69. The minimum Gasteiger partial charge on any atom is -0.379 e.